The Hall–Kier alpha value is -0.860. The summed E-state index contributed by atoms with van der Waals surface area (Å²) in [4.78, 5) is 11.3. The summed E-state index contributed by atoms with van der Waals surface area (Å²) in [6.07, 6.45) is 5.03. The van der Waals surface area contributed by atoms with E-state index < -0.39 is 0 Å². The zero-order valence-electron chi connectivity index (χ0n) is 14.8. The van der Waals surface area contributed by atoms with Crippen LogP contribution < -0.4 is 5.32 Å². The average Bonchev–Trinajstić information content (AvgIpc) is 2.89. The minimum Gasteiger partial charge on any atom is -0.357 e. The van der Waals surface area contributed by atoms with Gasteiger partial charge in [-0.25, -0.2) is 4.99 Å². The molecule has 0 radical (unpaired) electrons. The van der Waals surface area contributed by atoms with E-state index in [0.717, 1.165) is 25.6 Å². The first kappa shape index (κ1) is 20.2. The fourth-order valence-corrected chi connectivity index (χ4v) is 3.28. The third-order valence-corrected chi connectivity index (χ3v) is 4.20. The normalized spacial score (nSPS) is 21.9. The third-order valence-electron chi connectivity index (χ3n) is 4.20. The Morgan fingerprint density at radius 3 is 2.83 bits per heavy atom. The average molecular weight is 435 g/mol. The lowest BCUT2D eigenvalue weighted by molar-refractivity contribution is 0.142. The van der Waals surface area contributed by atoms with Crippen LogP contribution in [0.5, 0.6) is 0 Å². The number of likely N-dealkylation sites (tertiary alicyclic amines) is 1. The van der Waals surface area contributed by atoms with Crippen LogP contribution >= 0.6 is 24.0 Å². The van der Waals surface area contributed by atoms with Gasteiger partial charge >= 0.3 is 0 Å². The molecule has 1 unspecified atom stereocenters. The molecule has 1 N–H and O–H groups in total. The Kier molecular flexibility index (Phi) is 8.28. The Bertz CT molecular complexity index is 500. The van der Waals surface area contributed by atoms with Crippen molar-refractivity contribution in [3.05, 3.63) is 11.7 Å². The highest BCUT2D eigenvalue weighted by molar-refractivity contribution is 14.0. The highest BCUT2D eigenvalue weighted by Gasteiger charge is 2.31. The van der Waals surface area contributed by atoms with Crippen LogP contribution in [0.4, 0.5) is 0 Å². The standard InChI is InChI=1S/C16H29N5O.HI/c1-5-8-16(4)9-7-10-21(12-16)15(17-6-2)18-11-14-19-13(3)20-22-14;/h5-12H2,1-4H3,(H,17,18);1H. The zero-order valence-corrected chi connectivity index (χ0v) is 17.1. The first-order valence-corrected chi connectivity index (χ1v) is 8.39. The number of aliphatic imine (C=N–C) groups is 1. The lowest BCUT2D eigenvalue weighted by Gasteiger charge is -2.42. The van der Waals surface area contributed by atoms with Gasteiger partial charge in [0.2, 0.25) is 5.89 Å². The molecule has 1 aliphatic rings. The molecule has 0 amide bonds. The van der Waals surface area contributed by atoms with E-state index in [-0.39, 0.29) is 24.0 Å². The minimum atomic E-state index is 0. The highest BCUT2D eigenvalue weighted by Crippen LogP contribution is 2.33. The fourth-order valence-electron chi connectivity index (χ4n) is 3.28. The molecule has 1 aliphatic heterocycles. The van der Waals surface area contributed by atoms with Gasteiger partial charge in [0.25, 0.3) is 0 Å². The second-order valence-electron chi connectivity index (χ2n) is 6.49. The van der Waals surface area contributed by atoms with Crippen molar-refractivity contribution in [2.24, 2.45) is 10.4 Å². The summed E-state index contributed by atoms with van der Waals surface area (Å²) in [5.74, 6) is 2.19. The van der Waals surface area contributed by atoms with E-state index >= 15 is 0 Å². The van der Waals surface area contributed by atoms with Crippen molar-refractivity contribution >= 4 is 29.9 Å². The summed E-state index contributed by atoms with van der Waals surface area (Å²) >= 11 is 0. The molecule has 2 heterocycles. The number of piperidine rings is 1. The number of aromatic nitrogens is 2. The Morgan fingerprint density at radius 2 is 2.22 bits per heavy atom. The SMILES string of the molecule is CCCC1(C)CCCN(C(=NCc2nc(C)no2)NCC)C1.I. The van der Waals surface area contributed by atoms with E-state index in [1.807, 2.05) is 6.92 Å². The molecule has 23 heavy (non-hydrogen) atoms. The van der Waals surface area contributed by atoms with E-state index in [4.69, 9.17) is 4.52 Å². The van der Waals surface area contributed by atoms with Gasteiger partial charge in [-0.15, -0.1) is 24.0 Å². The van der Waals surface area contributed by atoms with Gasteiger partial charge in [-0.1, -0.05) is 25.4 Å². The predicted octanol–water partition coefficient (Wildman–Crippen LogP) is 3.36. The number of nitrogens with one attached hydrogen (secondary N) is 1. The summed E-state index contributed by atoms with van der Waals surface area (Å²) in [5, 5.41) is 7.21. The van der Waals surface area contributed by atoms with Gasteiger partial charge in [0.05, 0.1) is 0 Å². The Morgan fingerprint density at radius 1 is 1.43 bits per heavy atom. The van der Waals surface area contributed by atoms with E-state index in [2.05, 4.69) is 46.1 Å². The summed E-state index contributed by atoms with van der Waals surface area (Å²) < 4.78 is 5.15. The van der Waals surface area contributed by atoms with Gasteiger partial charge in [0.15, 0.2) is 11.8 Å². The highest BCUT2D eigenvalue weighted by atomic mass is 127. The molecule has 2 rings (SSSR count). The van der Waals surface area contributed by atoms with Gasteiger partial charge in [-0.05, 0) is 38.5 Å². The predicted molar refractivity (Wildman–Crippen MR) is 103 cm³/mol. The quantitative estimate of drug-likeness (QED) is 0.437. The van der Waals surface area contributed by atoms with Gasteiger partial charge < -0.3 is 14.7 Å². The maximum absolute atomic E-state index is 5.15. The number of guanidine groups is 1. The van der Waals surface area contributed by atoms with Crippen LogP contribution in [0, 0.1) is 12.3 Å². The van der Waals surface area contributed by atoms with Crippen LogP contribution in [0.3, 0.4) is 0 Å². The molecule has 1 atom stereocenters. The molecule has 0 saturated carbocycles. The molecule has 7 heteroatoms. The van der Waals surface area contributed by atoms with Crippen molar-refractivity contribution in [2.45, 2.75) is 59.9 Å². The molecule has 0 aliphatic carbocycles. The summed E-state index contributed by atoms with van der Waals surface area (Å²) in [7, 11) is 0. The molecule has 0 aromatic carbocycles. The number of rotatable bonds is 5. The van der Waals surface area contributed by atoms with Gasteiger partial charge in [0.1, 0.15) is 6.54 Å². The van der Waals surface area contributed by atoms with E-state index in [0.29, 0.717) is 23.7 Å². The van der Waals surface area contributed by atoms with Gasteiger partial charge in [0, 0.05) is 19.6 Å². The van der Waals surface area contributed by atoms with Crippen LogP contribution in [0.1, 0.15) is 58.2 Å². The third kappa shape index (κ3) is 5.93. The van der Waals surface area contributed by atoms with Crippen molar-refractivity contribution < 1.29 is 4.52 Å². The first-order valence-electron chi connectivity index (χ1n) is 8.39. The van der Waals surface area contributed by atoms with Crippen LogP contribution in [-0.2, 0) is 6.54 Å². The van der Waals surface area contributed by atoms with E-state index in [1.165, 1.54) is 25.7 Å². The van der Waals surface area contributed by atoms with Gasteiger partial charge in [-0.3, -0.25) is 0 Å². The maximum Gasteiger partial charge on any atom is 0.248 e. The van der Waals surface area contributed by atoms with Crippen molar-refractivity contribution in [2.75, 3.05) is 19.6 Å². The number of hydrogen-bond acceptors (Lipinski definition) is 4. The smallest absolute Gasteiger partial charge is 0.248 e. The number of aryl methyl sites for hydroxylation is 1. The summed E-state index contributed by atoms with van der Waals surface area (Å²) in [6.45, 7) is 12.0. The molecule has 0 spiro atoms. The number of hydrogen-bond donors (Lipinski definition) is 1. The molecule has 132 valence electrons. The number of nitrogens with zero attached hydrogens (tertiary/aromatic N) is 4. The summed E-state index contributed by atoms with van der Waals surface area (Å²) in [5.41, 5.74) is 0.393. The lowest BCUT2D eigenvalue weighted by atomic mass is 9.78. The molecule has 1 aromatic rings. The van der Waals surface area contributed by atoms with E-state index in [9.17, 15) is 0 Å². The largest absolute Gasteiger partial charge is 0.357 e. The van der Waals surface area contributed by atoms with Crippen molar-refractivity contribution in [1.29, 1.82) is 0 Å². The second-order valence-corrected chi connectivity index (χ2v) is 6.49. The molecule has 1 fully saturated rings. The van der Waals surface area contributed by atoms with Crippen molar-refractivity contribution in [3.8, 4) is 0 Å². The van der Waals surface area contributed by atoms with Crippen LogP contribution in [0.2, 0.25) is 0 Å². The fraction of sp³-hybridized carbons (Fsp3) is 0.812. The molecular formula is C16H30IN5O. The second kappa shape index (κ2) is 9.44. The molecule has 1 aromatic heterocycles. The Balaban J connectivity index is 0.00000264. The molecular weight excluding hydrogens is 405 g/mol. The lowest BCUT2D eigenvalue weighted by Crippen LogP contribution is -2.49. The van der Waals surface area contributed by atoms with Crippen LogP contribution in [0.15, 0.2) is 9.52 Å². The topological polar surface area (TPSA) is 66.5 Å². The van der Waals surface area contributed by atoms with Gasteiger partial charge in [-0.2, -0.15) is 4.98 Å². The molecule has 0 bridgehead atoms. The zero-order chi connectivity index (χ0) is 16.0. The maximum atomic E-state index is 5.15. The van der Waals surface area contributed by atoms with Crippen molar-refractivity contribution in [3.63, 3.8) is 0 Å². The minimum absolute atomic E-state index is 0. The first-order chi connectivity index (χ1) is 10.6. The van der Waals surface area contributed by atoms with Crippen LogP contribution in [-0.4, -0.2) is 40.6 Å². The van der Waals surface area contributed by atoms with E-state index in [1.54, 1.807) is 0 Å². The molecule has 6 nitrogen and oxygen atoms in total. The number of halogens is 1. The van der Waals surface area contributed by atoms with Crippen molar-refractivity contribution in [1.82, 2.24) is 20.4 Å². The summed E-state index contributed by atoms with van der Waals surface area (Å²) in [6, 6.07) is 0. The monoisotopic (exact) mass is 435 g/mol. The van der Waals surface area contributed by atoms with Crippen LogP contribution in [0.25, 0.3) is 0 Å². The molecule has 1 saturated heterocycles. The Labute approximate surface area is 156 Å².